The molecule has 0 unspecified atom stereocenters. The van der Waals surface area contributed by atoms with Crippen molar-refractivity contribution in [2.24, 2.45) is 22.7 Å². The second kappa shape index (κ2) is 5.04. The molecule has 0 radical (unpaired) electrons. The van der Waals surface area contributed by atoms with E-state index < -0.39 is 5.60 Å². The molecule has 0 aromatic rings. The molecule has 2 aliphatic carbocycles. The van der Waals surface area contributed by atoms with Crippen molar-refractivity contribution in [3.8, 4) is 0 Å². The summed E-state index contributed by atoms with van der Waals surface area (Å²) in [6.07, 6.45) is 7.72. The molecule has 2 aliphatic rings. The van der Waals surface area contributed by atoms with Crippen LogP contribution >= 0.6 is 0 Å². The molecule has 0 aromatic heterocycles. The first-order chi connectivity index (χ1) is 8.74. The Labute approximate surface area is 118 Å². The van der Waals surface area contributed by atoms with Crippen LogP contribution in [0.3, 0.4) is 0 Å². The van der Waals surface area contributed by atoms with Crippen LogP contribution in [0.2, 0.25) is 0 Å². The zero-order valence-electron chi connectivity index (χ0n) is 13.2. The van der Waals surface area contributed by atoms with Gasteiger partial charge in [-0.1, -0.05) is 27.2 Å². The molecule has 0 spiro atoms. The molecule has 0 heterocycles. The molecule has 0 amide bonds. The van der Waals surface area contributed by atoms with Gasteiger partial charge >= 0.3 is 0 Å². The molecule has 2 heteroatoms. The van der Waals surface area contributed by atoms with Crippen molar-refractivity contribution in [2.75, 3.05) is 6.61 Å². The highest BCUT2D eigenvalue weighted by Crippen LogP contribution is 2.62. The van der Waals surface area contributed by atoms with Gasteiger partial charge in [0, 0.05) is 6.61 Å². The van der Waals surface area contributed by atoms with Crippen molar-refractivity contribution < 1.29 is 10.2 Å². The van der Waals surface area contributed by atoms with E-state index in [2.05, 4.69) is 20.8 Å². The fourth-order valence-corrected chi connectivity index (χ4v) is 5.56. The van der Waals surface area contributed by atoms with Gasteiger partial charge in [0.15, 0.2) is 0 Å². The van der Waals surface area contributed by atoms with E-state index in [-0.39, 0.29) is 12.0 Å². The van der Waals surface area contributed by atoms with E-state index in [9.17, 15) is 5.11 Å². The Balaban J connectivity index is 2.30. The van der Waals surface area contributed by atoms with Crippen molar-refractivity contribution in [1.82, 2.24) is 0 Å². The van der Waals surface area contributed by atoms with Gasteiger partial charge in [-0.15, -0.1) is 0 Å². The molecule has 2 N–H and O–H groups in total. The summed E-state index contributed by atoms with van der Waals surface area (Å²) in [6, 6.07) is 0. The van der Waals surface area contributed by atoms with Crippen LogP contribution in [-0.4, -0.2) is 22.4 Å². The second-order valence-corrected chi connectivity index (χ2v) is 8.21. The molecule has 0 aromatic carbocycles. The molecule has 0 saturated heterocycles. The van der Waals surface area contributed by atoms with Gasteiger partial charge in [0.1, 0.15) is 0 Å². The summed E-state index contributed by atoms with van der Waals surface area (Å²) < 4.78 is 0. The van der Waals surface area contributed by atoms with E-state index in [1.165, 1.54) is 19.3 Å². The third-order valence-corrected chi connectivity index (χ3v) is 6.41. The first-order valence-corrected chi connectivity index (χ1v) is 8.07. The van der Waals surface area contributed by atoms with E-state index >= 15 is 0 Å². The average Bonchev–Trinajstić information content (AvgIpc) is 2.26. The summed E-state index contributed by atoms with van der Waals surface area (Å²) in [4.78, 5) is 0. The number of hydrogen-bond donors (Lipinski definition) is 2. The predicted molar refractivity (Wildman–Crippen MR) is 78.9 cm³/mol. The fraction of sp³-hybridized carbons (Fsp3) is 1.00. The van der Waals surface area contributed by atoms with Crippen LogP contribution in [0.15, 0.2) is 0 Å². The van der Waals surface area contributed by atoms with Gasteiger partial charge in [-0.05, 0) is 68.1 Å². The number of aliphatic hydroxyl groups is 2. The Morgan fingerprint density at radius 3 is 2.37 bits per heavy atom. The summed E-state index contributed by atoms with van der Waals surface area (Å²) >= 11 is 0. The summed E-state index contributed by atoms with van der Waals surface area (Å²) in [5.41, 5.74) is 0.105. The monoisotopic (exact) mass is 268 g/mol. The normalized spacial score (nSPS) is 45.8. The molecule has 2 nitrogen and oxygen atoms in total. The Morgan fingerprint density at radius 1 is 1.05 bits per heavy atom. The van der Waals surface area contributed by atoms with Crippen LogP contribution in [-0.2, 0) is 0 Å². The highest BCUT2D eigenvalue weighted by molar-refractivity contribution is 5.07. The zero-order valence-corrected chi connectivity index (χ0v) is 13.2. The van der Waals surface area contributed by atoms with Gasteiger partial charge in [-0.25, -0.2) is 0 Å². The smallest absolute Gasteiger partial charge is 0.0653 e. The molecule has 19 heavy (non-hydrogen) atoms. The average molecular weight is 268 g/mol. The maximum Gasteiger partial charge on any atom is 0.0653 e. The number of fused-ring (bicyclic) bond motifs is 1. The lowest BCUT2D eigenvalue weighted by atomic mass is 9.45. The third kappa shape index (κ3) is 2.58. The van der Waals surface area contributed by atoms with E-state index in [1.807, 2.05) is 6.92 Å². The van der Waals surface area contributed by atoms with Crippen molar-refractivity contribution in [1.29, 1.82) is 0 Å². The first kappa shape index (κ1) is 15.3. The largest absolute Gasteiger partial charge is 0.396 e. The molecule has 0 bridgehead atoms. The number of rotatable bonds is 3. The van der Waals surface area contributed by atoms with E-state index in [4.69, 9.17) is 5.11 Å². The SMILES string of the molecule is CC1(C)CCC[C@]2(C)[C@@H](CCCO)[C@](C)(O)CC[C@@H]12. The first-order valence-electron chi connectivity index (χ1n) is 8.07. The standard InChI is InChI=1S/C17H32O2/c1-15(2)9-6-10-16(3)13(15)8-11-17(4,19)14(16)7-5-12-18/h13-14,18-19H,5-12H2,1-4H3/t13-,14+,16-,17+/m0/s1. The summed E-state index contributed by atoms with van der Waals surface area (Å²) in [5, 5.41) is 20.0. The zero-order chi connectivity index (χ0) is 14.3. The summed E-state index contributed by atoms with van der Waals surface area (Å²) in [7, 11) is 0. The molecule has 4 atom stereocenters. The Morgan fingerprint density at radius 2 is 1.74 bits per heavy atom. The van der Waals surface area contributed by atoms with Gasteiger partial charge in [0.25, 0.3) is 0 Å². The lowest BCUT2D eigenvalue weighted by molar-refractivity contribution is -0.169. The lowest BCUT2D eigenvalue weighted by Gasteiger charge is -2.61. The summed E-state index contributed by atoms with van der Waals surface area (Å²) in [6.45, 7) is 9.51. The third-order valence-electron chi connectivity index (χ3n) is 6.41. The van der Waals surface area contributed by atoms with Crippen molar-refractivity contribution in [3.63, 3.8) is 0 Å². The van der Waals surface area contributed by atoms with Crippen LogP contribution < -0.4 is 0 Å². The number of hydrogen-bond acceptors (Lipinski definition) is 2. The van der Waals surface area contributed by atoms with Crippen LogP contribution in [0.1, 0.15) is 72.6 Å². The minimum Gasteiger partial charge on any atom is -0.396 e. The minimum absolute atomic E-state index is 0.247. The van der Waals surface area contributed by atoms with E-state index in [0.29, 0.717) is 11.3 Å². The quantitative estimate of drug-likeness (QED) is 0.818. The Hall–Kier alpha value is -0.0800. The predicted octanol–water partition coefficient (Wildman–Crippen LogP) is 3.75. The lowest BCUT2D eigenvalue weighted by Crippen LogP contribution is -2.57. The van der Waals surface area contributed by atoms with E-state index in [1.54, 1.807) is 0 Å². The number of aliphatic hydroxyl groups excluding tert-OH is 1. The molecule has 112 valence electrons. The maximum atomic E-state index is 10.9. The van der Waals surface area contributed by atoms with Crippen LogP contribution in [0, 0.1) is 22.7 Å². The molecular formula is C17H32O2. The molecule has 0 aliphatic heterocycles. The highest BCUT2D eigenvalue weighted by atomic mass is 16.3. The molecular weight excluding hydrogens is 236 g/mol. The van der Waals surface area contributed by atoms with Crippen LogP contribution in [0.25, 0.3) is 0 Å². The second-order valence-electron chi connectivity index (χ2n) is 8.21. The van der Waals surface area contributed by atoms with Crippen LogP contribution in [0.4, 0.5) is 0 Å². The van der Waals surface area contributed by atoms with Gasteiger partial charge < -0.3 is 10.2 Å². The van der Waals surface area contributed by atoms with Gasteiger partial charge in [-0.3, -0.25) is 0 Å². The molecule has 2 fully saturated rings. The summed E-state index contributed by atoms with van der Waals surface area (Å²) in [5.74, 6) is 1.06. The fourth-order valence-electron chi connectivity index (χ4n) is 5.56. The minimum atomic E-state index is -0.548. The van der Waals surface area contributed by atoms with Crippen molar-refractivity contribution >= 4 is 0 Å². The van der Waals surface area contributed by atoms with Crippen molar-refractivity contribution in [2.45, 2.75) is 78.2 Å². The molecule has 2 rings (SSSR count). The molecule has 2 saturated carbocycles. The Bertz CT molecular complexity index is 321. The Kier molecular flexibility index (Phi) is 4.06. The van der Waals surface area contributed by atoms with Gasteiger partial charge in [0.2, 0.25) is 0 Å². The topological polar surface area (TPSA) is 40.5 Å². The van der Waals surface area contributed by atoms with Gasteiger partial charge in [-0.2, -0.15) is 0 Å². The van der Waals surface area contributed by atoms with E-state index in [0.717, 1.165) is 31.6 Å². The van der Waals surface area contributed by atoms with Gasteiger partial charge in [0.05, 0.1) is 5.60 Å². The maximum absolute atomic E-state index is 10.9. The van der Waals surface area contributed by atoms with Crippen LogP contribution in [0.5, 0.6) is 0 Å². The highest BCUT2D eigenvalue weighted by Gasteiger charge is 2.57. The van der Waals surface area contributed by atoms with Crippen molar-refractivity contribution in [3.05, 3.63) is 0 Å².